The minimum absolute atomic E-state index is 0.139. The number of oxazole rings is 1. The van der Waals surface area contributed by atoms with Crippen molar-refractivity contribution in [1.82, 2.24) is 10.3 Å². The van der Waals surface area contributed by atoms with Gasteiger partial charge in [-0.2, -0.15) is 0 Å². The van der Waals surface area contributed by atoms with Gasteiger partial charge in [-0.3, -0.25) is 10.1 Å². The van der Waals surface area contributed by atoms with Gasteiger partial charge >= 0.3 is 0 Å². The zero-order valence-electron chi connectivity index (χ0n) is 17.3. The van der Waals surface area contributed by atoms with E-state index in [2.05, 4.69) is 15.6 Å². The molecule has 0 bridgehead atoms. The first-order valence-electron chi connectivity index (χ1n) is 10.0. The number of thiocarbonyl (C=S) groups is 1. The van der Waals surface area contributed by atoms with Crippen molar-refractivity contribution < 1.29 is 18.7 Å². The second-order valence-electron chi connectivity index (χ2n) is 6.76. The highest BCUT2D eigenvalue weighted by molar-refractivity contribution is 7.80. The molecule has 8 heteroatoms. The third-order valence-electron chi connectivity index (χ3n) is 4.42. The number of carbonyl (C=O) groups is 1. The van der Waals surface area contributed by atoms with E-state index in [1.54, 1.807) is 30.3 Å². The van der Waals surface area contributed by atoms with Crippen molar-refractivity contribution >= 4 is 40.0 Å². The predicted molar refractivity (Wildman–Crippen MR) is 127 cm³/mol. The van der Waals surface area contributed by atoms with Gasteiger partial charge in [0.25, 0.3) is 5.91 Å². The summed E-state index contributed by atoms with van der Waals surface area (Å²) in [5, 5.41) is 5.74. The molecule has 32 heavy (non-hydrogen) atoms. The molecule has 162 valence electrons. The third kappa shape index (κ3) is 5.41. The normalized spacial score (nSPS) is 10.5. The number of aromatic nitrogens is 1. The van der Waals surface area contributed by atoms with E-state index in [0.29, 0.717) is 35.0 Å². The Bertz CT molecular complexity index is 1220. The van der Waals surface area contributed by atoms with Crippen LogP contribution in [0.3, 0.4) is 0 Å². The lowest BCUT2D eigenvalue weighted by atomic mass is 10.2. The molecule has 7 nitrogen and oxygen atoms in total. The zero-order valence-corrected chi connectivity index (χ0v) is 18.1. The maximum Gasteiger partial charge on any atom is 0.264 e. The molecule has 2 N–H and O–H groups in total. The summed E-state index contributed by atoms with van der Waals surface area (Å²) < 4.78 is 16.7. The van der Waals surface area contributed by atoms with E-state index in [0.717, 1.165) is 11.3 Å². The van der Waals surface area contributed by atoms with E-state index in [9.17, 15) is 4.79 Å². The SMILES string of the molecule is CCOc1ccc(-c2nc3cc(NC(=S)NC(=O)COc4ccccc4)ccc3o2)cc1. The minimum Gasteiger partial charge on any atom is -0.494 e. The van der Waals surface area contributed by atoms with Crippen LogP contribution in [0.15, 0.2) is 77.2 Å². The highest BCUT2D eigenvalue weighted by Crippen LogP contribution is 2.27. The van der Waals surface area contributed by atoms with Crippen LogP contribution in [0.4, 0.5) is 5.69 Å². The maximum atomic E-state index is 12.1. The molecule has 1 amide bonds. The molecule has 0 saturated heterocycles. The van der Waals surface area contributed by atoms with Gasteiger partial charge in [0, 0.05) is 11.3 Å². The van der Waals surface area contributed by atoms with Crippen LogP contribution in [-0.2, 0) is 4.79 Å². The van der Waals surface area contributed by atoms with Gasteiger partial charge in [-0.15, -0.1) is 0 Å². The lowest BCUT2D eigenvalue weighted by Crippen LogP contribution is -2.37. The number of anilines is 1. The quantitative estimate of drug-likeness (QED) is 0.394. The highest BCUT2D eigenvalue weighted by Gasteiger charge is 2.11. The first-order valence-corrected chi connectivity index (χ1v) is 10.4. The molecule has 0 spiro atoms. The van der Waals surface area contributed by atoms with Crippen molar-refractivity contribution in [3.8, 4) is 23.0 Å². The predicted octanol–water partition coefficient (Wildman–Crippen LogP) is 4.79. The van der Waals surface area contributed by atoms with Crippen LogP contribution in [-0.4, -0.2) is 29.2 Å². The first kappa shape index (κ1) is 21.3. The molecule has 4 rings (SSSR count). The van der Waals surface area contributed by atoms with Crippen molar-refractivity contribution in [3.63, 3.8) is 0 Å². The smallest absolute Gasteiger partial charge is 0.264 e. The lowest BCUT2D eigenvalue weighted by molar-refractivity contribution is -0.121. The molecular weight excluding hydrogens is 426 g/mol. The number of para-hydroxylation sites is 1. The van der Waals surface area contributed by atoms with Crippen LogP contribution >= 0.6 is 12.2 Å². The number of benzene rings is 3. The van der Waals surface area contributed by atoms with Crippen molar-refractivity contribution in [2.45, 2.75) is 6.92 Å². The maximum absolute atomic E-state index is 12.1. The summed E-state index contributed by atoms with van der Waals surface area (Å²) in [5.74, 6) is 1.56. The average molecular weight is 448 g/mol. The van der Waals surface area contributed by atoms with Crippen LogP contribution in [0.1, 0.15) is 6.92 Å². The van der Waals surface area contributed by atoms with E-state index in [4.69, 9.17) is 26.1 Å². The Balaban J connectivity index is 1.37. The number of fused-ring (bicyclic) bond motifs is 1. The first-order chi connectivity index (χ1) is 15.6. The summed E-state index contributed by atoms with van der Waals surface area (Å²) in [7, 11) is 0. The largest absolute Gasteiger partial charge is 0.494 e. The van der Waals surface area contributed by atoms with Gasteiger partial charge in [0.15, 0.2) is 17.3 Å². The van der Waals surface area contributed by atoms with Crippen LogP contribution in [0.2, 0.25) is 0 Å². The summed E-state index contributed by atoms with van der Waals surface area (Å²) in [6.45, 7) is 2.41. The van der Waals surface area contributed by atoms with Crippen LogP contribution < -0.4 is 20.1 Å². The number of carbonyl (C=O) groups excluding carboxylic acids is 1. The van der Waals surface area contributed by atoms with Crippen LogP contribution in [0.25, 0.3) is 22.6 Å². The lowest BCUT2D eigenvalue weighted by Gasteiger charge is -2.10. The number of nitrogens with zero attached hydrogens (tertiary/aromatic N) is 1. The third-order valence-corrected chi connectivity index (χ3v) is 4.63. The Morgan fingerprint density at radius 2 is 1.75 bits per heavy atom. The number of amides is 1. The van der Waals surface area contributed by atoms with Crippen LogP contribution in [0, 0.1) is 0 Å². The van der Waals surface area contributed by atoms with Crippen molar-refractivity contribution in [2.24, 2.45) is 0 Å². The van der Waals surface area contributed by atoms with E-state index in [-0.39, 0.29) is 17.6 Å². The van der Waals surface area contributed by atoms with E-state index in [1.807, 2.05) is 49.4 Å². The fourth-order valence-electron chi connectivity index (χ4n) is 2.98. The monoisotopic (exact) mass is 447 g/mol. The Kier molecular flexibility index (Phi) is 6.62. The molecule has 0 unspecified atom stereocenters. The van der Waals surface area contributed by atoms with Crippen molar-refractivity contribution in [2.75, 3.05) is 18.5 Å². The number of hydrogen-bond donors (Lipinski definition) is 2. The Labute approximate surface area is 190 Å². The Morgan fingerprint density at radius 1 is 1.00 bits per heavy atom. The molecule has 3 aromatic carbocycles. The van der Waals surface area contributed by atoms with Gasteiger partial charge in [-0.05, 0) is 73.7 Å². The highest BCUT2D eigenvalue weighted by atomic mass is 32.1. The summed E-state index contributed by atoms with van der Waals surface area (Å²) in [6.07, 6.45) is 0. The molecule has 4 aromatic rings. The van der Waals surface area contributed by atoms with Gasteiger partial charge in [0.1, 0.15) is 17.0 Å². The molecule has 0 fully saturated rings. The molecule has 1 heterocycles. The van der Waals surface area contributed by atoms with E-state index < -0.39 is 0 Å². The summed E-state index contributed by atoms with van der Waals surface area (Å²) in [4.78, 5) is 16.6. The van der Waals surface area contributed by atoms with Gasteiger partial charge in [-0.1, -0.05) is 18.2 Å². The van der Waals surface area contributed by atoms with E-state index in [1.165, 1.54) is 0 Å². The van der Waals surface area contributed by atoms with Gasteiger partial charge in [0.2, 0.25) is 5.89 Å². The van der Waals surface area contributed by atoms with Gasteiger partial charge < -0.3 is 19.2 Å². The molecular formula is C24H21N3O4S. The number of ether oxygens (including phenoxy) is 2. The summed E-state index contributed by atoms with van der Waals surface area (Å²) in [5.41, 5.74) is 2.84. The standard InChI is InChI=1S/C24H21N3O4S/c1-2-29-19-11-8-16(9-12-19)23-26-20-14-17(10-13-21(20)31-23)25-24(32)27-22(28)15-30-18-6-4-3-5-7-18/h3-14H,2,15H2,1H3,(H2,25,27,28,32). The van der Waals surface area contributed by atoms with Crippen molar-refractivity contribution in [1.29, 1.82) is 0 Å². The molecule has 0 aliphatic rings. The minimum atomic E-state index is -0.355. The van der Waals surface area contributed by atoms with Gasteiger partial charge in [-0.25, -0.2) is 4.98 Å². The Hall–Kier alpha value is -3.91. The summed E-state index contributed by atoms with van der Waals surface area (Å²) >= 11 is 5.23. The molecule has 0 aliphatic carbocycles. The van der Waals surface area contributed by atoms with Crippen LogP contribution in [0.5, 0.6) is 11.5 Å². The zero-order chi connectivity index (χ0) is 22.3. The van der Waals surface area contributed by atoms with Gasteiger partial charge in [0.05, 0.1) is 6.61 Å². The number of rotatable bonds is 7. The Morgan fingerprint density at radius 3 is 2.50 bits per heavy atom. The number of nitrogens with one attached hydrogen (secondary N) is 2. The van der Waals surface area contributed by atoms with Crippen molar-refractivity contribution in [3.05, 3.63) is 72.8 Å². The number of hydrogen-bond acceptors (Lipinski definition) is 6. The second-order valence-corrected chi connectivity index (χ2v) is 7.17. The van der Waals surface area contributed by atoms with E-state index >= 15 is 0 Å². The second kappa shape index (κ2) is 9.93. The molecule has 0 saturated carbocycles. The fourth-order valence-corrected chi connectivity index (χ4v) is 3.21. The fraction of sp³-hybridized carbons (Fsp3) is 0.125. The molecule has 0 atom stereocenters. The summed E-state index contributed by atoms with van der Waals surface area (Å²) in [6, 6.07) is 22.0. The molecule has 1 aromatic heterocycles. The molecule has 0 aliphatic heterocycles. The average Bonchev–Trinajstić information content (AvgIpc) is 3.22. The topological polar surface area (TPSA) is 85.6 Å². The molecule has 0 radical (unpaired) electrons.